The van der Waals surface area contributed by atoms with Gasteiger partial charge in [0.15, 0.2) is 0 Å². The molecule has 0 aliphatic rings. The Hall–Kier alpha value is -2.02. The zero-order valence-corrected chi connectivity index (χ0v) is 12.1. The van der Waals surface area contributed by atoms with Crippen molar-refractivity contribution in [2.24, 2.45) is 5.10 Å². The van der Waals surface area contributed by atoms with E-state index >= 15 is 0 Å². The first-order valence-electron chi connectivity index (χ1n) is 5.84. The predicted molar refractivity (Wildman–Crippen MR) is 78.5 cm³/mol. The van der Waals surface area contributed by atoms with E-state index in [2.05, 4.69) is 31.2 Å². The van der Waals surface area contributed by atoms with Gasteiger partial charge in [-0.15, -0.1) is 13.2 Å². The summed E-state index contributed by atoms with van der Waals surface area (Å²) in [7, 11) is 0. The Bertz CT molecular complexity index is 630. The maximum Gasteiger partial charge on any atom is 0.573 e. The highest BCUT2D eigenvalue weighted by Gasteiger charge is 2.32. The van der Waals surface area contributed by atoms with E-state index in [4.69, 9.17) is 0 Å². The second kappa shape index (κ2) is 6.62. The van der Waals surface area contributed by atoms with Crippen LogP contribution in [-0.2, 0) is 0 Å². The summed E-state index contributed by atoms with van der Waals surface area (Å²) < 4.78 is 41.4. The summed E-state index contributed by atoms with van der Waals surface area (Å²) >= 11 is 3.17. The largest absolute Gasteiger partial charge is 0.573 e. The highest BCUT2D eigenvalue weighted by Crippen LogP contribution is 2.30. The molecule has 21 heavy (non-hydrogen) atoms. The normalized spacial score (nSPS) is 11.6. The molecule has 0 unspecified atom stereocenters. The van der Waals surface area contributed by atoms with Gasteiger partial charge in [0.2, 0.25) is 0 Å². The third kappa shape index (κ3) is 4.78. The van der Waals surface area contributed by atoms with E-state index in [0.29, 0.717) is 4.47 Å². The van der Waals surface area contributed by atoms with E-state index in [9.17, 15) is 13.2 Å². The molecule has 0 saturated carbocycles. The summed E-state index contributed by atoms with van der Waals surface area (Å²) in [6.07, 6.45) is -3.49. The van der Waals surface area contributed by atoms with E-state index in [1.54, 1.807) is 18.2 Å². The second-order valence-corrected chi connectivity index (χ2v) is 4.79. The van der Waals surface area contributed by atoms with E-state index in [1.807, 2.05) is 18.2 Å². The maximum atomic E-state index is 12.3. The van der Waals surface area contributed by atoms with Crippen molar-refractivity contribution in [3.05, 3.63) is 58.6 Å². The van der Waals surface area contributed by atoms with Crippen molar-refractivity contribution >= 4 is 27.8 Å². The molecule has 110 valence electrons. The molecule has 0 saturated heterocycles. The number of rotatable bonds is 4. The van der Waals surface area contributed by atoms with Gasteiger partial charge < -0.3 is 4.74 Å². The molecule has 0 aliphatic heterocycles. The fourth-order valence-electron chi connectivity index (χ4n) is 1.54. The zero-order chi connectivity index (χ0) is 15.3. The van der Waals surface area contributed by atoms with Crippen LogP contribution in [0, 0.1) is 0 Å². The second-order valence-electron chi connectivity index (χ2n) is 3.94. The Morgan fingerprint density at radius 1 is 1.05 bits per heavy atom. The van der Waals surface area contributed by atoms with Crippen LogP contribution < -0.4 is 10.2 Å². The molecule has 3 nitrogen and oxygen atoms in total. The lowest BCUT2D eigenvalue weighted by Crippen LogP contribution is -2.18. The van der Waals surface area contributed by atoms with Crippen LogP contribution in [0.25, 0.3) is 0 Å². The SMILES string of the molecule is FC(F)(F)Oc1cccc(Br)c1C=NNc1ccccc1. The lowest BCUT2D eigenvalue weighted by Gasteiger charge is -2.12. The Morgan fingerprint density at radius 2 is 1.76 bits per heavy atom. The van der Waals surface area contributed by atoms with Gasteiger partial charge in [-0.1, -0.05) is 24.3 Å². The number of hydrogen-bond donors (Lipinski definition) is 1. The Kier molecular flexibility index (Phi) is 4.85. The average Bonchev–Trinajstić information content (AvgIpc) is 2.41. The van der Waals surface area contributed by atoms with Crippen LogP contribution in [0.15, 0.2) is 58.1 Å². The van der Waals surface area contributed by atoms with Crippen LogP contribution in [-0.4, -0.2) is 12.6 Å². The minimum atomic E-state index is -4.75. The van der Waals surface area contributed by atoms with Gasteiger partial charge in [0.1, 0.15) is 5.75 Å². The Morgan fingerprint density at radius 3 is 2.43 bits per heavy atom. The number of hydrogen-bond acceptors (Lipinski definition) is 3. The van der Waals surface area contributed by atoms with Crippen molar-refractivity contribution in [1.29, 1.82) is 0 Å². The van der Waals surface area contributed by atoms with Crippen molar-refractivity contribution in [2.45, 2.75) is 6.36 Å². The number of hydrazone groups is 1. The van der Waals surface area contributed by atoms with Gasteiger partial charge in [0, 0.05) is 4.47 Å². The van der Waals surface area contributed by atoms with Crippen LogP contribution in [0.3, 0.4) is 0 Å². The van der Waals surface area contributed by atoms with Gasteiger partial charge >= 0.3 is 6.36 Å². The predicted octanol–water partition coefficient (Wildman–Crippen LogP) is 4.79. The zero-order valence-electron chi connectivity index (χ0n) is 10.6. The van der Waals surface area contributed by atoms with Crippen molar-refractivity contribution in [3.8, 4) is 5.75 Å². The first-order chi connectivity index (χ1) is 9.96. The van der Waals surface area contributed by atoms with Gasteiger partial charge in [0.05, 0.1) is 17.5 Å². The molecule has 0 aromatic heterocycles. The highest BCUT2D eigenvalue weighted by molar-refractivity contribution is 9.10. The smallest absolute Gasteiger partial charge is 0.405 e. The molecule has 2 rings (SSSR count). The van der Waals surface area contributed by atoms with E-state index in [-0.39, 0.29) is 11.3 Å². The first-order valence-corrected chi connectivity index (χ1v) is 6.63. The van der Waals surface area contributed by atoms with Crippen molar-refractivity contribution < 1.29 is 17.9 Å². The molecular formula is C14H10BrF3N2O. The summed E-state index contributed by atoms with van der Waals surface area (Å²) in [6.45, 7) is 0. The molecule has 0 radical (unpaired) electrons. The third-order valence-corrected chi connectivity index (χ3v) is 3.09. The molecule has 2 aromatic carbocycles. The Balaban J connectivity index is 2.19. The van der Waals surface area contributed by atoms with Gasteiger partial charge in [-0.2, -0.15) is 5.10 Å². The average molecular weight is 359 g/mol. The van der Waals surface area contributed by atoms with Crippen molar-refractivity contribution in [2.75, 3.05) is 5.43 Å². The Labute approximate surface area is 127 Å². The molecule has 1 N–H and O–H groups in total. The van der Waals surface area contributed by atoms with Gasteiger partial charge in [0.25, 0.3) is 0 Å². The number of nitrogens with zero attached hydrogens (tertiary/aromatic N) is 1. The summed E-state index contributed by atoms with van der Waals surface area (Å²) in [4.78, 5) is 0. The number of halogens is 4. The third-order valence-electron chi connectivity index (χ3n) is 2.40. The van der Waals surface area contributed by atoms with Crippen LogP contribution in [0.4, 0.5) is 18.9 Å². The summed E-state index contributed by atoms with van der Waals surface area (Å²) in [5.74, 6) is -0.324. The number of alkyl halides is 3. The summed E-state index contributed by atoms with van der Waals surface area (Å²) in [5, 5.41) is 3.91. The summed E-state index contributed by atoms with van der Waals surface area (Å²) in [6, 6.07) is 13.3. The van der Waals surface area contributed by atoms with Crippen LogP contribution in [0.1, 0.15) is 5.56 Å². The number of para-hydroxylation sites is 1. The molecule has 0 spiro atoms. The molecule has 0 atom stereocenters. The molecule has 0 heterocycles. The molecule has 0 aliphatic carbocycles. The molecule has 0 fully saturated rings. The standard InChI is InChI=1S/C14H10BrF3N2O/c15-12-7-4-8-13(21-14(16,17)18)11(12)9-19-20-10-5-2-1-3-6-10/h1-9,20H. The van der Waals surface area contributed by atoms with Crippen LogP contribution >= 0.6 is 15.9 Å². The number of benzene rings is 2. The maximum absolute atomic E-state index is 12.3. The van der Waals surface area contributed by atoms with Crippen molar-refractivity contribution in [1.82, 2.24) is 0 Å². The lowest BCUT2D eigenvalue weighted by atomic mass is 10.2. The van der Waals surface area contributed by atoms with Gasteiger partial charge in [-0.05, 0) is 40.2 Å². The van der Waals surface area contributed by atoms with E-state index < -0.39 is 6.36 Å². The fraction of sp³-hybridized carbons (Fsp3) is 0.0714. The fourth-order valence-corrected chi connectivity index (χ4v) is 1.99. The quantitative estimate of drug-likeness (QED) is 0.629. The summed E-state index contributed by atoms with van der Waals surface area (Å²) in [5.41, 5.74) is 3.64. The molecular weight excluding hydrogens is 349 g/mol. The van der Waals surface area contributed by atoms with E-state index in [1.165, 1.54) is 18.3 Å². The highest BCUT2D eigenvalue weighted by atomic mass is 79.9. The van der Waals surface area contributed by atoms with Crippen molar-refractivity contribution in [3.63, 3.8) is 0 Å². The minimum absolute atomic E-state index is 0.193. The first kappa shape index (κ1) is 15.4. The lowest BCUT2D eigenvalue weighted by molar-refractivity contribution is -0.274. The molecule has 2 aromatic rings. The molecule has 0 bridgehead atoms. The molecule has 0 amide bonds. The number of ether oxygens (including phenoxy) is 1. The van der Waals surface area contributed by atoms with E-state index in [0.717, 1.165) is 5.69 Å². The minimum Gasteiger partial charge on any atom is -0.405 e. The van der Waals surface area contributed by atoms with Gasteiger partial charge in [-0.25, -0.2) is 0 Å². The van der Waals surface area contributed by atoms with Crippen LogP contribution in [0.5, 0.6) is 5.75 Å². The topological polar surface area (TPSA) is 33.6 Å². The van der Waals surface area contributed by atoms with Crippen LogP contribution in [0.2, 0.25) is 0 Å². The molecule has 7 heteroatoms. The monoisotopic (exact) mass is 358 g/mol. The number of anilines is 1. The number of nitrogens with one attached hydrogen (secondary N) is 1. The van der Waals surface area contributed by atoms with Gasteiger partial charge in [-0.3, -0.25) is 5.43 Å².